The van der Waals surface area contributed by atoms with Gasteiger partial charge in [-0.25, -0.2) is 4.39 Å². The Morgan fingerprint density at radius 1 is 1.56 bits per heavy atom. The zero-order valence-electron chi connectivity index (χ0n) is 10.4. The summed E-state index contributed by atoms with van der Waals surface area (Å²) in [5, 5.41) is 0. The molecule has 0 aromatic heterocycles. The number of hydrogen-bond acceptors (Lipinski definition) is 3. The number of nitrogens with two attached hydrogens (primary N) is 2. The van der Waals surface area contributed by atoms with Crippen LogP contribution in [0, 0.1) is 5.82 Å². The van der Waals surface area contributed by atoms with Gasteiger partial charge in [0.05, 0.1) is 11.3 Å². The molecule has 18 heavy (non-hydrogen) atoms. The van der Waals surface area contributed by atoms with Crippen molar-refractivity contribution in [2.45, 2.75) is 32.2 Å². The van der Waals surface area contributed by atoms with E-state index in [0.717, 1.165) is 25.8 Å². The Kier molecular flexibility index (Phi) is 3.41. The van der Waals surface area contributed by atoms with Gasteiger partial charge in [0.1, 0.15) is 5.82 Å². The Morgan fingerprint density at radius 2 is 2.28 bits per heavy atom. The third-order valence-corrected chi connectivity index (χ3v) is 3.54. The van der Waals surface area contributed by atoms with Crippen LogP contribution in [0.1, 0.15) is 36.5 Å². The van der Waals surface area contributed by atoms with Gasteiger partial charge in [-0.2, -0.15) is 0 Å². The zero-order valence-corrected chi connectivity index (χ0v) is 10.4. The molecule has 0 bridgehead atoms. The predicted octanol–water partition coefficient (Wildman–Crippen LogP) is 1.89. The smallest absolute Gasteiger partial charge is 0.250 e. The van der Waals surface area contributed by atoms with Gasteiger partial charge in [-0.05, 0) is 31.4 Å². The minimum Gasteiger partial charge on any atom is -0.398 e. The number of primary amides is 1. The van der Waals surface area contributed by atoms with E-state index in [2.05, 4.69) is 6.92 Å². The molecule has 0 radical (unpaired) electrons. The van der Waals surface area contributed by atoms with Crippen LogP contribution in [0.25, 0.3) is 0 Å². The SMILES string of the molecule is CCC1CCCN1c1cc(C(N)=O)c(N)cc1F. The maximum atomic E-state index is 14.0. The number of anilines is 2. The lowest BCUT2D eigenvalue weighted by atomic mass is 10.1. The summed E-state index contributed by atoms with van der Waals surface area (Å²) < 4.78 is 14.0. The molecule has 1 aliphatic rings. The minimum atomic E-state index is -0.624. The van der Waals surface area contributed by atoms with Crippen molar-refractivity contribution >= 4 is 17.3 Å². The van der Waals surface area contributed by atoms with Gasteiger partial charge >= 0.3 is 0 Å². The van der Waals surface area contributed by atoms with Gasteiger partial charge in [-0.1, -0.05) is 6.92 Å². The molecule has 1 saturated heterocycles. The van der Waals surface area contributed by atoms with E-state index in [1.54, 1.807) is 0 Å². The van der Waals surface area contributed by atoms with E-state index in [0.29, 0.717) is 11.7 Å². The highest BCUT2D eigenvalue weighted by Gasteiger charge is 2.26. The van der Waals surface area contributed by atoms with E-state index in [9.17, 15) is 9.18 Å². The molecule has 98 valence electrons. The number of rotatable bonds is 3. The number of carbonyl (C=O) groups excluding carboxylic acids is 1. The van der Waals surface area contributed by atoms with E-state index in [1.807, 2.05) is 4.90 Å². The number of carbonyl (C=O) groups is 1. The fourth-order valence-electron chi connectivity index (χ4n) is 2.59. The molecule has 1 amide bonds. The van der Waals surface area contributed by atoms with Crippen molar-refractivity contribution in [2.24, 2.45) is 5.73 Å². The van der Waals surface area contributed by atoms with Crippen LogP contribution in [-0.4, -0.2) is 18.5 Å². The summed E-state index contributed by atoms with van der Waals surface area (Å²) in [6.07, 6.45) is 3.04. The standard InChI is InChI=1S/C13H18FN3O/c1-2-8-4-3-5-17(8)12-6-9(13(16)18)11(15)7-10(12)14/h6-8H,2-5,15H2,1H3,(H2,16,18). The zero-order chi connectivity index (χ0) is 13.3. The van der Waals surface area contributed by atoms with Gasteiger partial charge in [0, 0.05) is 18.3 Å². The number of hydrogen-bond donors (Lipinski definition) is 2. The highest BCUT2D eigenvalue weighted by molar-refractivity contribution is 5.99. The van der Waals surface area contributed by atoms with Crippen LogP contribution in [0.4, 0.5) is 15.8 Å². The number of nitrogens with zero attached hydrogens (tertiary/aromatic N) is 1. The molecule has 1 unspecified atom stereocenters. The summed E-state index contributed by atoms with van der Waals surface area (Å²) in [5.74, 6) is -1.01. The Morgan fingerprint density at radius 3 is 2.89 bits per heavy atom. The molecule has 1 atom stereocenters. The number of nitrogen functional groups attached to an aromatic ring is 1. The summed E-state index contributed by atoms with van der Waals surface area (Å²) >= 11 is 0. The molecule has 4 nitrogen and oxygen atoms in total. The largest absolute Gasteiger partial charge is 0.398 e. The number of amides is 1. The summed E-state index contributed by atoms with van der Waals surface area (Å²) in [6, 6.07) is 2.98. The van der Waals surface area contributed by atoms with Crippen LogP contribution in [0.3, 0.4) is 0 Å². The van der Waals surface area contributed by atoms with Gasteiger partial charge in [0.15, 0.2) is 0 Å². The summed E-state index contributed by atoms with van der Waals surface area (Å²) in [5.41, 5.74) is 11.6. The molecule has 2 rings (SSSR count). The van der Waals surface area contributed by atoms with Crippen molar-refractivity contribution in [3.05, 3.63) is 23.5 Å². The van der Waals surface area contributed by atoms with Crippen molar-refractivity contribution in [1.82, 2.24) is 0 Å². The van der Waals surface area contributed by atoms with Gasteiger partial charge in [0.25, 0.3) is 5.91 Å². The first-order valence-corrected chi connectivity index (χ1v) is 6.20. The summed E-state index contributed by atoms with van der Waals surface area (Å²) in [4.78, 5) is 13.3. The molecule has 0 spiro atoms. The lowest BCUT2D eigenvalue weighted by Crippen LogP contribution is -2.29. The van der Waals surface area contributed by atoms with Crippen molar-refractivity contribution in [1.29, 1.82) is 0 Å². The van der Waals surface area contributed by atoms with E-state index >= 15 is 0 Å². The third-order valence-electron chi connectivity index (χ3n) is 3.54. The Hall–Kier alpha value is -1.78. The molecule has 1 aromatic carbocycles. The van der Waals surface area contributed by atoms with Gasteiger partial charge in [0.2, 0.25) is 0 Å². The summed E-state index contributed by atoms with van der Waals surface area (Å²) in [7, 11) is 0. The second-order valence-electron chi connectivity index (χ2n) is 4.65. The molecule has 4 N–H and O–H groups in total. The molecule has 0 aliphatic carbocycles. The molecule has 1 heterocycles. The molecular formula is C13H18FN3O. The van der Waals surface area contributed by atoms with E-state index in [-0.39, 0.29) is 11.3 Å². The first-order chi connectivity index (χ1) is 8.54. The monoisotopic (exact) mass is 251 g/mol. The van der Waals surface area contributed by atoms with Crippen LogP contribution in [-0.2, 0) is 0 Å². The molecular weight excluding hydrogens is 233 g/mol. The van der Waals surface area contributed by atoms with Gasteiger partial charge in [-0.3, -0.25) is 4.79 Å². The average molecular weight is 251 g/mol. The van der Waals surface area contributed by atoms with Crippen LogP contribution >= 0.6 is 0 Å². The fraction of sp³-hybridized carbons (Fsp3) is 0.462. The van der Waals surface area contributed by atoms with Crippen molar-refractivity contribution in [3.8, 4) is 0 Å². The fourth-order valence-corrected chi connectivity index (χ4v) is 2.59. The Balaban J connectivity index is 2.44. The molecule has 5 heteroatoms. The van der Waals surface area contributed by atoms with Crippen molar-refractivity contribution < 1.29 is 9.18 Å². The molecule has 1 aromatic rings. The second-order valence-corrected chi connectivity index (χ2v) is 4.65. The highest BCUT2D eigenvalue weighted by Crippen LogP contribution is 2.32. The predicted molar refractivity (Wildman–Crippen MR) is 70.0 cm³/mol. The Bertz CT molecular complexity index is 476. The normalized spacial score (nSPS) is 19.2. The quantitative estimate of drug-likeness (QED) is 0.806. The van der Waals surface area contributed by atoms with Crippen LogP contribution in [0.5, 0.6) is 0 Å². The second kappa shape index (κ2) is 4.84. The topological polar surface area (TPSA) is 72.3 Å². The van der Waals surface area contributed by atoms with Crippen LogP contribution in [0.2, 0.25) is 0 Å². The van der Waals surface area contributed by atoms with Crippen molar-refractivity contribution in [3.63, 3.8) is 0 Å². The maximum absolute atomic E-state index is 14.0. The molecule has 1 aliphatic heterocycles. The minimum absolute atomic E-state index is 0.0935. The lowest BCUT2D eigenvalue weighted by Gasteiger charge is -2.27. The van der Waals surface area contributed by atoms with Crippen LogP contribution in [0.15, 0.2) is 12.1 Å². The first kappa shape index (κ1) is 12.7. The molecule has 1 fully saturated rings. The highest BCUT2D eigenvalue weighted by atomic mass is 19.1. The van der Waals surface area contributed by atoms with Gasteiger partial charge < -0.3 is 16.4 Å². The van der Waals surface area contributed by atoms with Crippen LogP contribution < -0.4 is 16.4 Å². The Labute approximate surface area is 106 Å². The summed E-state index contributed by atoms with van der Waals surface area (Å²) in [6.45, 7) is 2.88. The average Bonchev–Trinajstić information content (AvgIpc) is 2.76. The van der Waals surface area contributed by atoms with Crippen molar-refractivity contribution in [2.75, 3.05) is 17.2 Å². The molecule has 0 saturated carbocycles. The van der Waals surface area contributed by atoms with Gasteiger partial charge in [-0.15, -0.1) is 0 Å². The van der Waals surface area contributed by atoms with E-state index < -0.39 is 11.7 Å². The number of benzene rings is 1. The maximum Gasteiger partial charge on any atom is 0.250 e. The first-order valence-electron chi connectivity index (χ1n) is 6.20. The lowest BCUT2D eigenvalue weighted by molar-refractivity contribution is 0.100. The van der Waals surface area contributed by atoms with E-state index in [1.165, 1.54) is 12.1 Å². The number of halogens is 1. The third kappa shape index (κ3) is 2.12. The van der Waals surface area contributed by atoms with E-state index in [4.69, 9.17) is 11.5 Å².